The van der Waals surface area contributed by atoms with E-state index in [1.807, 2.05) is 0 Å². The number of nitrogens with zero attached hydrogens (tertiary/aromatic N) is 3. The highest BCUT2D eigenvalue weighted by Crippen LogP contribution is 2.36. The highest BCUT2D eigenvalue weighted by atomic mass is 19.4. The molecule has 1 aromatic carbocycles. The van der Waals surface area contributed by atoms with Crippen molar-refractivity contribution >= 4 is 17.2 Å². The van der Waals surface area contributed by atoms with Crippen LogP contribution in [0.4, 0.5) is 23.4 Å². The van der Waals surface area contributed by atoms with Gasteiger partial charge in [0.15, 0.2) is 5.82 Å². The molecule has 0 aliphatic carbocycles. The van der Waals surface area contributed by atoms with Crippen molar-refractivity contribution in [2.45, 2.75) is 25.1 Å². The maximum absolute atomic E-state index is 13.4. The molecule has 4 rings (SSSR count). The molecule has 0 radical (unpaired) electrons. The average molecular weight is 458 g/mol. The van der Waals surface area contributed by atoms with Crippen molar-refractivity contribution in [2.75, 3.05) is 5.32 Å². The van der Waals surface area contributed by atoms with Crippen molar-refractivity contribution in [3.8, 4) is 11.1 Å². The molecular formula is C23H18F4N4O2. The van der Waals surface area contributed by atoms with E-state index in [-0.39, 0.29) is 29.0 Å². The number of carbonyl (C=O) groups is 1. The molecule has 1 amide bonds. The van der Waals surface area contributed by atoms with E-state index in [0.717, 1.165) is 30.5 Å². The van der Waals surface area contributed by atoms with Gasteiger partial charge in [-0.3, -0.25) is 9.78 Å². The number of alkyl halides is 3. The van der Waals surface area contributed by atoms with Gasteiger partial charge in [0.2, 0.25) is 5.91 Å². The number of nitrogens with one attached hydrogen (secondary N) is 1. The van der Waals surface area contributed by atoms with Gasteiger partial charge in [-0.1, -0.05) is 18.2 Å². The number of aliphatic hydroxyl groups is 1. The zero-order valence-corrected chi connectivity index (χ0v) is 17.3. The number of rotatable bonds is 5. The van der Waals surface area contributed by atoms with Crippen LogP contribution in [0.1, 0.15) is 24.6 Å². The first kappa shape index (κ1) is 22.4. The van der Waals surface area contributed by atoms with Crippen LogP contribution >= 0.6 is 0 Å². The molecule has 10 heteroatoms. The number of pyridine rings is 2. The van der Waals surface area contributed by atoms with Crippen molar-refractivity contribution in [3.05, 3.63) is 84.1 Å². The predicted molar refractivity (Wildman–Crippen MR) is 113 cm³/mol. The van der Waals surface area contributed by atoms with E-state index in [2.05, 4.69) is 15.4 Å². The van der Waals surface area contributed by atoms with Gasteiger partial charge in [-0.2, -0.15) is 13.2 Å². The van der Waals surface area contributed by atoms with E-state index >= 15 is 0 Å². The van der Waals surface area contributed by atoms with Crippen LogP contribution in [-0.2, 0) is 16.6 Å². The first-order valence-electron chi connectivity index (χ1n) is 9.84. The summed E-state index contributed by atoms with van der Waals surface area (Å²) in [4.78, 5) is 16.8. The van der Waals surface area contributed by atoms with E-state index in [4.69, 9.17) is 0 Å². The van der Waals surface area contributed by atoms with E-state index in [0.29, 0.717) is 5.56 Å². The van der Waals surface area contributed by atoms with Gasteiger partial charge in [-0.05, 0) is 48.9 Å². The van der Waals surface area contributed by atoms with E-state index < -0.39 is 29.1 Å². The summed E-state index contributed by atoms with van der Waals surface area (Å²) in [6.45, 7) is 1.43. The topological polar surface area (TPSA) is 79.5 Å². The van der Waals surface area contributed by atoms with Crippen LogP contribution in [0.5, 0.6) is 0 Å². The molecule has 0 aliphatic rings. The second-order valence-corrected chi connectivity index (χ2v) is 7.69. The zero-order valence-electron chi connectivity index (χ0n) is 17.3. The maximum atomic E-state index is 13.4. The molecule has 3 aromatic heterocycles. The Morgan fingerprint density at radius 3 is 2.48 bits per heavy atom. The molecule has 0 saturated carbocycles. The van der Waals surface area contributed by atoms with Crippen molar-refractivity contribution in [3.63, 3.8) is 0 Å². The largest absolute Gasteiger partial charge is 0.416 e. The summed E-state index contributed by atoms with van der Waals surface area (Å²) in [6, 6.07) is 11.8. The first-order chi connectivity index (χ1) is 15.5. The molecular weight excluding hydrogens is 440 g/mol. The van der Waals surface area contributed by atoms with Crippen LogP contribution in [0.2, 0.25) is 0 Å². The van der Waals surface area contributed by atoms with Gasteiger partial charge in [0, 0.05) is 12.4 Å². The Morgan fingerprint density at radius 1 is 1.12 bits per heavy atom. The third-order valence-corrected chi connectivity index (χ3v) is 5.07. The summed E-state index contributed by atoms with van der Waals surface area (Å²) in [5, 5.41) is 17.5. The fourth-order valence-electron chi connectivity index (χ4n) is 3.47. The lowest BCUT2D eigenvalue weighted by molar-refractivity contribution is -0.137. The van der Waals surface area contributed by atoms with E-state index in [1.165, 1.54) is 29.8 Å². The molecule has 0 aliphatic heterocycles. The van der Waals surface area contributed by atoms with E-state index in [1.54, 1.807) is 18.2 Å². The average Bonchev–Trinajstić information content (AvgIpc) is 3.10. The van der Waals surface area contributed by atoms with Crippen LogP contribution in [-0.4, -0.2) is 25.6 Å². The van der Waals surface area contributed by atoms with Gasteiger partial charge in [0.05, 0.1) is 28.8 Å². The van der Waals surface area contributed by atoms with Gasteiger partial charge in [0.1, 0.15) is 11.4 Å². The number of amides is 1. The molecule has 0 bridgehead atoms. The molecule has 0 spiro atoms. The van der Waals surface area contributed by atoms with Crippen molar-refractivity contribution in [1.82, 2.24) is 14.6 Å². The van der Waals surface area contributed by atoms with E-state index in [9.17, 15) is 27.5 Å². The Labute approximate surface area is 185 Å². The highest BCUT2D eigenvalue weighted by Gasteiger charge is 2.32. The lowest BCUT2D eigenvalue weighted by Gasteiger charge is -2.21. The second-order valence-electron chi connectivity index (χ2n) is 7.69. The lowest BCUT2D eigenvalue weighted by atomic mass is 9.97. The molecule has 6 nitrogen and oxygen atoms in total. The van der Waals surface area contributed by atoms with Crippen molar-refractivity contribution < 1.29 is 27.5 Å². The summed E-state index contributed by atoms with van der Waals surface area (Å²) in [5.41, 5.74) is -1.59. The Morgan fingerprint density at radius 2 is 1.85 bits per heavy atom. The summed E-state index contributed by atoms with van der Waals surface area (Å²) < 4.78 is 54.5. The maximum Gasteiger partial charge on any atom is 0.416 e. The summed E-state index contributed by atoms with van der Waals surface area (Å²) >= 11 is 0. The molecule has 33 heavy (non-hydrogen) atoms. The van der Waals surface area contributed by atoms with Crippen LogP contribution < -0.4 is 5.32 Å². The summed E-state index contributed by atoms with van der Waals surface area (Å²) in [7, 11) is 0. The monoisotopic (exact) mass is 458 g/mol. The Kier molecular flexibility index (Phi) is 5.62. The minimum Gasteiger partial charge on any atom is -0.383 e. The Bertz CT molecular complexity index is 1300. The molecule has 1 atom stereocenters. The van der Waals surface area contributed by atoms with Gasteiger partial charge in [0.25, 0.3) is 0 Å². The number of fused-ring (bicyclic) bond motifs is 1. The predicted octanol–water partition coefficient (Wildman–Crippen LogP) is 4.79. The number of halogens is 4. The smallest absolute Gasteiger partial charge is 0.383 e. The fraction of sp³-hybridized carbons (Fsp3) is 0.174. The zero-order chi connectivity index (χ0) is 23.8. The fourth-order valence-corrected chi connectivity index (χ4v) is 3.47. The number of anilines is 1. The molecule has 0 saturated heterocycles. The summed E-state index contributed by atoms with van der Waals surface area (Å²) in [6.07, 6.45) is -2.36. The molecule has 0 fully saturated rings. The molecule has 2 N–H and O–H groups in total. The van der Waals surface area contributed by atoms with Gasteiger partial charge >= 0.3 is 6.18 Å². The third kappa shape index (κ3) is 4.70. The lowest BCUT2D eigenvalue weighted by Crippen LogP contribution is -2.29. The van der Waals surface area contributed by atoms with Crippen LogP contribution in [0.3, 0.4) is 0 Å². The first-order valence-corrected chi connectivity index (χ1v) is 9.84. The van der Waals surface area contributed by atoms with Crippen LogP contribution in [0.15, 0.2) is 67.0 Å². The van der Waals surface area contributed by atoms with Crippen molar-refractivity contribution in [2.24, 2.45) is 0 Å². The Balaban J connectivity index is 1.74. The molecule has 4 aromatic rings. The minimum atomic E-state index is -4.59. The minimum absolute atomic E-state index is 0.0252. The quantitative estimate of drug-likeness (QED) is 0.422. The molecule has 0 unspecified atom stereocenters. The molecule has 3 heterocycles. The highest BCUT2D eigenvalue weighted by molar-refractivity contribution is 5.99. The molecule has 170 valence electrons. The number of hydrogen-bond donors (Lipinski definition) is 2. The number of benzene rings is 1. The normalized spacial score (nSPS) is 13.6. The Hall–Kier alpha value is -3.79. The van der Waals surface area contributed by atoms with Crippen LogP contribution in [0, 0.1) is 5.82 Å². The van der Waals surface area contributed by atoms with Gasteiger partial charge in [-0.25, -0.2) is 8.91 Å². The standard InChI is InChI=1S/C23H18F4N4O2/c1-22(33,18-4-2-3-10-28-18)13-19(32)29-21-20(14-5-7-16(24)8-6-14)17-12-15(23(25,26)27)9-11-31(17)30-21/h2-12,33H,13H2,1H3,(H,29,30,32)/t22-/m1/s1. The van der Waals surface area contributed by atoms with Crippen molar-refractivity contribution in [1.29, 1.82) is 0 Å². The van der Waals surface area contributed by atoms with Gasteiger partial charge in [-0.15, -0.1) is 5.10 Å². The third-order valence-electron chi connectivity index (χ3n) is 5.07. The summed E-state index contributed by atoms with van der Waals surface area (Å²) in [5.74, 6) is -1.18. The van der Waals surface area contributed by atoms with Gasteiger partial charge < -0.3 is 10.4 Å². The SMILES string of the molecule is C[C@@](O)(CC(=O)Nc1nn2ccc(C(F)(F)F)cc2c1-c1ccc(F)cc1)c1ccccn1. The number of hydrogen-bond acceptors (Lipinski definition) is 4. The number of carbonyl (C=O) groups excluding carboxylic acids is 1. The second kappa shape index (κ2) is 8.28. The van der Waals surface area contributed by atoms with Crippen LogP contribution in [0.25, 0.3) is 16.6 Å². The number of aromatic nitrogens is 3.